The number of nitrogens with zero attached hydrogens (tertiary/aromatic N) is 1. The maximum absolute atomic E-state index is 11.8. The second-order valence-corrected chi connectivity index (χ2v) is 4.27. The lowest BCUT2D eigenvalue weighted by Gasteiger charge is -2.32. The second-order valence-electron chi connectivity index (χ2n) is 3.88. The van der Waals surface area contributed by atoms with Gasteiger partial charge in [0.1, 0.15) is 6.42 Å². The van der Waals surface area contributed by atoms with Crippen LogP contribution >= 0.6 is 12.2 Å². The van der Waals surface area contributed by atoms with E-state index in [9.17, 15) is 9.59 Å². The van der Waals surface area contributed by atoms with Crippen LogP contribution in [0.25, 0.3) is 0 Å². The minimum atomic E-state index is -0.337. The molecule has 1 aliphatic heterocycles. The van der Waals surface area contributed by atoms with Gasteiger partial charge in [0.25, 0.3) is 0 Å². The lowest BCUT2D eigenvalue weighted by molar-refractivity contribution is -0.136. The van der Waals surface area contributed by atoms with E-state index in [-0.39, 0.29) is 29.4 Å². The predicted octanol–water partition coefficient (Wildman–Crippen LogP) is 1.38. The number of hydrogen-bond donors (Lipinski definition) is 1. The molecule has 0 aliphatic carbocycles. The Kier molecular flexibility index (Phi) is 3.19. The van der Waals surface area contributed by atoms with Crippen molar-refractivity contribution in [2.75, 3.05) is 0 Å². The van der Waals surface area contributed by atoms with Crippen LogP contribution < -0.4 is 5.32 Å². The lowest BCUT2D eigenvalue weighted by atomic mass is 10.1. The summed E-state index contributed by atoms with van der Waals surface area (Å²) in [5, 5.41) is 2.69. The highest BCUT2D eigenvalue weighted by Gasteiger charge is 2.31. The van der Waals surface area contributed by atoms with Crippen molar-refractivity contribution in [2.45, 2.75) is 19.4 Å². The van der Waals surface area contributed by atoms with Crippen LogP contribution in [0, 0.1) is 0 Å². The number of hydrogen-bond acceptors (Lipinski definition) is 3. The maximum atomic E-state index is 11.8. The van der Waals surface area contributed by atoms with Gasteiger partial charge in [0, 0.05) is 0 Å². The van der Waals surface area contributed by atoms with E-state index in [4.69, 9.17) is 12.2 Å². The van der Waals surface area contributed by atoms with Crippen molar-refractivity contribution in [3.8, 4) is 0 Å². The van der Waals surface area contributed by atoms with Gasteiger partial charge in [0.15, 0.2) is 5.11 Å². The van der Waals surface area contributed by atoms with Crippen LogP contribution in [-0.4, -0.2) is 21.8 Å². The molecule has 2 amide bonds. The Hall–Kier alpha value is -1.75. The fraction of sp³-hybridized carbons (Fsp3) is 0.250. The largest absolute Gasteiger partial charge is 0.302 e. The molecule has 1 aliphatic rings. The van der Waals surface area contributed by atoms with Crippen LogP contribution in [0.2, 0.25) is 0 Å². The van der Waals surface area contributed by atoms with Crippen molar-refractivity contribution in [3.63, 3.8) is 0 Å². The summed E-state index contributed by atoms with van der Waals surface area (Å²) in [5.74, 6) is -0.591. The quantitative estimate of drug-likeness (QED) is 0.635. The first-order valence-corrected chi connectivity index (χ1v) is 5.71. The number of nitrogens with one attached hydrogen (secondary N) is 1. The molecule has 1 fully saturated rings. The summed E-state index contributed by atoms with van der Waals surface area (Å²) in [6, 6.07) is 9.41. The van der Waals surface area contributed by atoms with Gasteiger partial charge < -0.3 is 5.32 Å². The van der Waals surface area contributed by atoms with Gasteiger partial charge in [0.2, 0.25) is 11.8 Å². The topological polar surface area (TPSA) is 49.4 Å². The highest BCUT2D eigenvalue weighted by molar-refractivity contribution is 7.80. The average Bonchev–Trinajstić information content (AvgIpc) is 2.28. The zero-order valence-electron chi connectivity index (χ0n) is 9.34. The summed E-state index contributed by atoms with van der Waals surface area (Å²) in [6.07, 6.45) is -0.142. The molecule has 1 N–H and O–H groups in total. The fourth-order valence-corrected chi connectivity index (χ4v) is 2.21. The summed E-state index contributed by atoms with van der Waals surface area (Å²) in [7, 11) is 0. The molecule has 4 nitrogen and oxygen atoms in total. The molecule has 2 rings (SSSR count). The lowest BCUT2D eigenvalue weighted by Crippen LogP contribution is -2.53. The van der Waals surface area contributed by atoms with E-state index in [2.05, 4.69) is 5.32 Å². The third kappa shape index (κ3) is 2.34. The Morgan fingerprint density at radius 3 is 2.53 bits per heavy atom. The molecule has 5 heteroatoms. The van der Waals surface area contributed by atoms with E-state index in [0.29, 0.717) is 0 Å². The van der Waals surface area contributed by atoms with Crippen LogP contribution in [-0.2, 0) is 9.59 Å². The van der Waals surface area contributed by atoms with Gasteiger partial charge in [-0.15, -0.1) is 0 Å². The van der Waals surface area contributed by atoms with Crippen LogP contribution in [0.15, 0.2) is 30.3 Å². The average molecular weight is 248 g/mol. The molecule has 88 valence electrons. The first kappa shape index (κ1) is 11.7. The molecule has 0 saturated carbocycles. The molecule has 0 radical (unpaired) electrons. The van der Waals surface area contributed by atoms with Crippen molar-refractivity contribution in [3.05, 3.63) is 35.9 Å². The third-order valence-electron chi connectivity index (χ3n) is 2.71. The standard InChI is InChI=1S/C12H12N2O2S/c1-8(9-5-3-2-4-6-9)14-11(16)7-10(15)13-12(14)17/h2-6,8H,7H2,1H3,(H,13,15,17)/t8-/m0/s1. The summed E-state index contributed by atoms with van der Waals surface area (Å²) in [5.41, 5.74) is 0.986. The first-order valence-electron chi connectivity index (χ1n) is 5.30. The molecule has 0 bridgehead atoms. The van der Waals surface area contributed by atoms with Crippen LogP contribution in [0.5, 0.6) is 0 Å². The predicted molar refractivity (Wildman–Crippen MR) is 67.1 cm³/mol. The Bertz CT molecular complexity index is 453. The number of amides is 2. The molecule has 1 atom stereocenters. The molecule has 1 aromatic rings. The van der Waals surface area contributed by atoms with Gasteiger partial charge >= 0.3 is 0 Å². The normalized spacial score (nSPS) is 17.9. The molecular formula is C12H12N2O2S. The minimum absolute atomic E-state index is 0.142. The summed E-state index contributed by atoms with van der Waals surface area (Å²) >= 11 is 5.03. The first-order chi connectivity index (χ1) is 8.09. The van der Waals surface area contributed by atoms with Gasteiger partial charge in [-0.3, -0.25) is 14.5 Å². The summed E-state index contributed by atoms with van der Waals surface area (Å²) < 4.78 is 0. The molecule has 1 heterocycles. The highest BCUT2D eigenvalue weighted by Crippen LogP contribution is 2.22. The number of rotatable bonds is 2. The Morgan fingerprint density at radius 2 is 1.94 bits per heavy atom. The van der Waals surface area contributed by atoms with Crippen LogP contribution in [0.3, 0.4) is 0 Å². The molecule has 0 spiro atoms. The van der Waals surface area contributed by atoms with Gasteiger partial charge in [-0.25, -0.2) is 0 Å². The number of benzene rings is 1. The van der Waals surface area contributed by atoms with Gasteiger partial charge in [0.05, 0.1) is 6.04 Å². The van der Waals surface area contributed by atoms with Crippen molar-refractivity contribution < 1.29 is 9.59 Å². The number of carbonyl (C=O) groups is 2. The van der Waals surface area contributed by atoms with Gasteiger partial charge in [-0.05, 0) is 24.7 Å². The summed E-state index contributed by atoms with van der Waals surface area (Å²) in [6.45, 7) is 1.89. The van der Waals surface area contributed by atoms with E-state index >= 15 is 0 Å². The Labute approximate surface area is 105 Å². The Balaban J connectivity index is 2.25. The summed E-state index contributed by atoms with van der Waals surface area (Å²) in [4.78, 5) is 24.4. The SMILES string of the molecule is C[C@@H](c1ccccc1)N1C(=O)CC(=O)NC1=S. The molecule has 1 saturated heterocycles. The highest BCUT2D eigenvalue weighted by atomic mass is 32.1. The van der Waals surface area contributed by atoms with Crippen LogP contribution in [0.1, 0.15) is 24.9 Å². The maximum Gasteiger partial charge on any atom is 0.238 e. The Morgan fingerprint density at radius 1 is 1.29 bits per heavy atom. The number of carbonyl (C=O) groups excluding carboxylic acids is 2. The number of thiocarbonyl (C=S) groups is 1. The van der Waals surface area contributed by atoms with E-state index in [1.165, 1.54) is 4.90 Å². The smallest absolute Gasteiger partial charge is 0.238 e. The van der Waals surface area contributed by atoms with E-state index < -0.39 is 0 Å². The fourth-order valence-electron chi connectivity index (χ4n) is 1.83. The van der Waals surface area contributed by atoms with Gasteiger partial charge in [-0.1, -0.05) is 30.3 Å². The van der Waals surface area contributed by atoms with E-state index in [0.717, 1.165) is 5.56 Å². The molecule has 0 unspecified atom stereocenters. The van der Waals surface area contributed by atoms with Crippen molar-refractivity contribution in [1.82, 2.24) is 10.2 Å². The zero-order chi connectivity index (χ0) is 12.4. The van der Waals surface area contributed by atoms with E-state index in [1.807, 2.05) is 37.3 Å². The van der Waals surface area contributed by atoms with Crippen molar-refractivity contribution in [1.29, 1.82) is 0 Å². The monoisotopic (exact) mass is 248 g/mol. The third-order valence-corrected chi connectivity index (χ3v) is 3.01. The molecular weight excluding hydrogens is 236 g/mol. The second kappa shape index (κ2) is 4.63. The zero-order valence-corrected chi connectivity index (χ0v) is 10.2. The van der Waals surface area contributed by atoms with Gasteiger partial charge in [-0.2, -0.15) is 0 Å². The minimum Gasteiger partial charge on any atom is -0.302 e. The molecule has 17 heavy (non-hydrogen) atoms. The van der Waals surface area contributed by atoms with Crippen LogP contribution in [0.4, 0.5) is 0 Å². The molecule has 1 aromatic carbocycles. The van der Waals surface area contributed by atoms with Crippen molar-refractivity contribution in [2.24, 2.45) is 0 Å². The van der Waals surface area contributed by atoms with Crippen molar-refractivity contribution >= 4 is 29.1 Å². The molecule has 0 aromatic heterocycles. The van der Waals surface area contributed by atoms with E-state index in [1.54, 1.807) is 0 Å².